The molecule has 1 aliphatic heterocycles. The molecule has 2 aromatic carbocycles. The number of likely N-dealkylation sites (tertiary alicyclic amines) is 1. The van der Waals surface area contributed by atoms with Gasteiger partial charge in [0.2, 0.25) is 0 Å². The fourth-order valence-corrected chi connectivity index (χ4v) is 3.74. The first-order chi connectivity index (χ1) is 13.2. The van der Waals surface area contributed by atoms with Crippen LogP contribution in [-0.2, 0) is 6.54 Å². The maximum absolute atomic E-state index is 11.8. The van der Waals surface area contributed by atoms with Crippen molar-refractivity contribution < 1.29 is 4.74 Å². The lowest BCUT2D eigenvalue weighted by atomic mass is 9.97. The van der Waals surface area contributed by atoms with Crippen LogP contribution in [0, 0.1) is 12.8 Å². The topological polar surface area (TPSA) is 45.3 Å². The number of aryl methyl sites for hydroxylation is 1. The molecule has 1 N–H and O–H groups in total. The lowest BCUT2D eigenvalue weighted by Crippen LogP contribution is -2.35. The first-order valence-corrected chi connectivity index (χ1v) is 9.69. The first kappa shape index (κ1) is 17.8. The molecule has 0 radical (unpaired) electrons. The van der Waals surface area contributed by atoms with E-state index >= 15 is 0 Å². The standard InChI is InChI=1S/C23H26N2O2/c1-17-2-4-18(5-3-17)15-25-12-9-19(10-13-25)16-27-21-6-7-22-20(14-21)8-11-24-23(22)26/h2-8,11,14,19H,9-10,12-13,15-16H2,1H3,(H,24,26). The van der Waals surface area contributed by atoms with E-state index in [9.17, 15) is 4.79 Å². The van der Waals surface area contributed by atoms with Gasteiger partial charge in [-0.1, -0.05) is 29.8 Å². The number of hydrogen-bond acceptors (Lipinski definition) is 3. The number of aromatic nitrogens is 1. The zero-order chi connectivity index (χ0) is 18.6. The molecule has 0 bridgehead atoms. The Labute approximate surface area is 159 Å². The van der Waals surface area contributed by atoms with Crippen molar-refractivity contribution in [2.45, 2.75) is 26.3 Å². The molecular formula is C23H26N2O2. The van der Waals surface area contributed by atoms with E-state index in [-0.39, 0.29) is 5.56 Å². The molecule has 1 aromatic heterocycles. The van der Waals surface area contributed by atoms with E-state index < -0.39 is 0 Å². The predicted octanol–water partition coefficient (Wildman–Crippen LogP) is 4.13. The molecule has 0 amide bonds. The molecule has 1 fully saturated rings. The Bertz CT molecular complexity index is 954. The molecule has 0 unspecified atom stereocenters. The van der Waals surface area contributed by atoms with E-state index in [4.69, 9.17) is 4.74 Å². The highest BCUT2D eigenvalue weighted by Crippen LogP contribution is 2.23. The van der Waals surface area contributed by atoms with Crippen molar-refractivity contribution in [2.24, 2.45) is 5.92 Å². The third-order valence-electron chi connectivity index (χ3n) is 5.46. The van der Waals surface area contributed by atoms with Crippen LogP contribution in [0.1, 0.15) is 24.0 Å². The Kier molecular flexibility index (Phi) is 5.26. The Hall–Kier alpha value is -2.59. The molecule has 0 saturated carbocycles. The molecular weight excluding hydrogens is 336 g/mol. The number of ether oxygens (including phenoxy) is 1. The van der Waals surface area contributed by atoms with Crippen LogP contribution in [-0.4, -0.2) is 29.6 Å². The van der Waals surface area contributed by atoms with Crippen LogP contribution >= 0.6 is 0 Å². The van der Waals surface area contributed by atoms with Gasteiger partial charge in [0, 0.05) is 18.1 Å². The van der Waals surface area contributed by atoms with Gasteiger partial charge in [-0.25, -0.2) is 0 Å². The fourth-order valence-electron chi connectivity index (χ4n) is 3.74. The van der Waals surface area contributed by atoms with E-state index in [0.717, 1.165) is 37.4 Å². The molecule has 0 spiro atoms. The zero-order valence-corrected chi connectivity index (χ0v) is 15.8. The molecule has 1 saturated heterocycles. The Balaban J connectivity index is 1.28. The quantitative estimate of drug-likeness (QED) is 0.742. The number of hydrogen-bond donors (Lipinski definition) is 1. The molecule has 4 nitrogen and oxygen atoms in total. The lowest BCUT2D eigenvalue weighted by molar-refractivity contribution is 0.137. The summed E-state index contributed by atoms with van der Waals surface area (Å²) < 4.78 is 6.03. The normalized spacial score (nSPS) is 15.9. The lowest BCUT2D eigenvalue weighted by Gasteiger charge is -2.31. The number of nitrogens with zero attached hydrogens (tertiary/aromatic N) is 1. The van der Waals surface area contributed by atoms with E-state index in [1.807, 2.05) is 24.3 Å². The van der Waals surface area contributed by atoms with Crippen molar-refractivity contribution in [1.29, 1.82) is 0 Å². The predicted molar refractivity (Wildman–Crippen MR) is 109 cm³/mol. The monoisotopic (exact) mass is 362 g/mol. The van der Waals surface area contributed by atoms with Crippen LogP contribution in [0.15, 0.2) is 59.5 Å². The van der Waals surface area contributed by atoms with Gasteiger partial charge >= 0.3 is 0 Å². The number of aromatic amines is 1. The minimum atomic E-state index is -0.0556. The summed E-state index contributed by atoms with van der Waals surface area (Å²) >= 11 is 0. The van der Waals surface area contributed by atoms with Gasteiger partial charge in [0.25, 0.3) is 5.56 Å². The number of fused-ring (bicyclic) bond motifs is 1. The second kappa shape index (κ2) is 7.97. The van der Waals surface area contributed by atoms with Crippen molar-refractivity contribution in [2.75, 3.05) is 19.7 Å². The number of pyridine rings is 1. The van der Waals surface area contributed by atoms with Crippen LogP contribution in [0.4, 0.5) is 0 Å². The summed E-state index contributed by atoms with van der Waals surface area (Å²) in [6.45, 7) is 6.15. The average Bonchev–Trinajstić information content (AvgIpc) is 2.69. The van der Waals surface area contributed by atoms with Gasteiger partial charge in [0.15, 0.2) is 0 Å². The van der Waals surface area contributed by atoms with Crippen molar-refractivity contribution >= 4 is 10.8 Å². The summed E-state index contributed by atoms with van der Waals surface area (Å²) in [4.78, 5) is 17.0. The molecule has 4 heteroatoms. The Morgan fingerprint density at radius 1 is 1.07 bits per heavy atom. The maximum atomic E-state index is 11.8. The first-order valence-electron chi connectivity index (χ1n) is 9.69. The zero-order valence-electron chi connectivity index (χ0n) is 15.8. The second-order valence-corrected chi connectivity index (χ2v) is 7.57. The number of nitrogens with one attached hydrogen (secondary N) is 1. The summed E-state index contributed by atoms with van der Waals surface area (Å²) in [6, 6.07) is 16.4. The van der Waals surface area contributed by atoms with E-state index in [0.29, 0.717) is 11.3 Å². The van der Waals surface area contributed by atoms with Crippen LogP contribution < -0.4 is 10.3 Å². The van der Waals surface area contributed by atoms with Gasteiger partial charge in [-0.15, -0.1) is 0 Å². The minimum Gasteiger partial charge on any atom is -0.493 e. The van der Waals surface area contributed by atoms with Gasteiger partial charge in [-0.05, 0) is 74.0 Å². The summed E-state index contributed by atoms with van der Waals surface area (Å²) in [5.74, 6) is 1.43. The van der Waals surface area contributed by atoms with E-state index in [1.54, 1.807) is 6.20 Å². The highest BCUT2D eigenvalue weighted by atomic mass is 16.5. The molecule has 140 valence electrons. The van der Waals surface area contributed by atoms with Crippen molar-refractivity contribution in [3.63, 3.8) is 0 Å². The van der Waals surface area contributed by atoms with Gasteiger partial charge in [0.05, 0.1) is 6.61 Å². The number of H-pyrrole nitrogens is 1. The third-order valence-corrected chi connectivity index (χ3v) is 5.46. The molecule has 0 aliphatic carbocycles. The van der Waals surface area contributed by atoms with E-state index in [1.165, 1.54) is 24.0 Å². The summed E-state index contributed by atoms with van der Waals surface area (Å²) in [7, 11) is 0. The van der Waals surface area contributed by atoms with Crippen LogP contribution in [0.3, 0.4) is 0 Å². The van der Waals surface area contributed by atoms with Crippen LogP contribution in [0.25, 0.3) is 10.8 Å². The van der Waals surface area contributed by atoms with Crippen molar-refractivity contribution in [1.82, 2.24) is 9.88 Å². The summed E-state index contributed by atoms with van der Waals surface area (Å²) in [5, 5.41) is 1.62. The smallest absolute Gasteiger partial charge is 0.255 e. The van der Waals surface area contributed by atoms with Gasteiger partial charge in [0.1, 0.15) is 5.75 Å². The van der Waals surface area contributed by atoms with Gasteiger partial charge in [-0.2, -0.15) is 0 Å². The number of benzene rings is 2. The second-order valence-electron chi connectivity index (χ2n) is 7.57. The molecule has 27 heavy (non-hydrogen) atoms. The van der Waals surface area contributed by atoms with Crippen molar-refractivity contribution in [3.05, 3.63) is 76.2 Å². The summed E-state index contributed by atoms with van der Waals surface area (Å²) in [5.41, 5.74) is 2.65. The number of piperidine rings is 1. The molecule has 2 heterocycles. The Morgan fingerprint density at radius 3 is 2.63 bits per heavy atom. The van der Waals surface area contributed by atoms with E-state index in [2.05, 4.69) is 41.1 Å². The minimum absolute atomic E-state index is 0.0556. The Morgan fingerprint density at radius 2 is 1.85 bits per heavy atom. The summed E-state index contributed by atoms with van der Waals surface area (Å²) in [6.07, 6.45) is 4.01. The molecule has 0 atom stereocenters. The van der Waals surface area contributed by atoms with Gasteiger partial charge in [-0.3, -0.25) is 9.69 Å². The van der Waals surface area contributed by atoms with Crippen LogP contribution in [0.2, 0.25) is 0 Å². The largest absolute Gasteiger partial charge is 0.493 e. The average molecular weight is 362 g/mol. The number of rotatable bonds is 5. The van der Waals surface area contributed by atoms with Crippen LogP contribution in [0.5, 0.6) is 5.75 Å². The van der Waals surface area contributed by atoms with Gasteiger partial charge < -0.3 is 9.72 Å². The highest BCUT2D eigenvalue weighted by molar-refractivity contribution is 5.82. The fraction of sp³-hybridized carbons (Fsp3) is 0.348. The molecule has 1 aliphatic rings. The highest BCUT2D eigenvalue weighted by Gasteiger charge is 2.20. The SMILES string of the molecule is Cc1ccc(CN2CCC(COc3ccc4c(=O)[nH]ccc4c3)CC2)cc1. The third kappa shape index (κ3) is 4.40. The maximum Gasteiger partial charge on any atom is 0.255 e. The van der Waals surface area contributed by atoms with Crippen molar-refractivity contribution in [3.8, 4) is 5.75 Å². The molecule has 3 aromatic rings. The molecule has 4 rings (SSSR count).